The summed E-state index contributed by atoms with van der Waals surface area (Å²) in [4.78, 5) is 14.2. The molecule has 0 amide bonds. The molecule has 2 aromatic heterocycles. The van der Waals surface area contributed by atoms with Gasteiger partial charge in [0.15, 0.2) is 0 Å². The zero-order valence-corrected chi connectivity index (χ0v) is 14.7. The van der Waals surface area contributed by atoms with Gasteiger partial charge in [-0.15, -0.1) is 11.3 Å². The molecule has 124 valence electrons. The topological polar surface area (TPSA) is 39.4 Å². The van der Waals surface area contributed by atoms with Gasteiger partial charge in [-0.2, -0.15) is 0 Å². The van der Waals surface area contributed by atoms with Crippen LogP contribution in [0.25, 0.3) is 31.9 Å². The van der Waals surface area contributed by atoms with Crippen LogP contribution in [-0.4, -0.2) is 7.11 Å². The van der Waals surface area contributed by atoms with Crippen LogP contribution in [0.4, 0.5) is 0 Å². The van der Waals surface area contributed by atoms with Gasteiger partial charge in [-0.05, 0) is 36.8 Å². The van der Waals surface area contributed by atoms with E-state index in [1.807, 2.05) is 12.1 Å². The third-order valence-electron chi connectivity index (χ3n) is 4.13. The summed E-state index contributed by atoms with van der Waals surface area (Å²) in [6, 6.07) is 19.7. The molecule has 0 saturated heterocycles. The van der Waals surface area contributed by atoms with Gasteiger partial charge in [-0.25, -0.2) is 4.79 Å². The first-order valence-corrected chi connectivity index (χ1v) is 8.75. The fourth-order valence-electron chi connectivity index (χ4n) is 2.91. The smallest absolute Gasteiger partial charge is 0.336 e. The van der Waals surface area contributed by atoms with Crippen LogP contribution >= 0.6 is 11.3 Å². The van der Waals surface area contributed by atoms with Crippen LogP contribution in [0.1, 0.15) is 5.56 Å². The number of benzene rings is 2. The Bertz CT molecular complexity index is 1120. The van der Waals surface area contributed by atoms with Gasteiger partial charge in [0.25, 0.3) is 0 Å². The lowest BCUT2D eigenvalue weighted by molar-refractivity contribution is 0.414. The summed E-state index contributed by atoms with van der Waals surface area (Å²) in [5.74, 6) is 0.666. The molecule has 4 rings (SSSR count). The maximum atomic E-state index is 12.0. The number of hydrogen-bond acceptors (Lipinski definition) is 4. The van der Waals surface area contributed by atoms with Gasteiger partial charge >= 0.3 is 5.63 Å². The standard InChI is InChI=1S/C21H16O3S/c1-13-4-3-5-14(10-13)19-8-9-20(25-19)17-12-21(22)24-18-11-15(23-2)6-7-16(17)18/h3-12H,1-2H3. The van der Waals surface area contributed by atoms with Crippen molar-refractivity contribution < 1.29 is 9.15 Å². The van der Waals surface area contributed by atoms with Crippen LogP contribution in [0.3, 0.4) is 0 Å². The molecule has 0 radical (unpaired) electrons. The van der Waals surface area contributed by atoms with E-state index < -0.39 is 0 Å². The molecular formula is C21H16O3S. The van der Waals surface area contributed by atoms with Crippen LogP contribution in [0.5, 0.6) is 5.75 Å². The Labute approximate surface area is 149 Å². The lowest BCUT2D eigenvalue weighted by Gasteiger charge is -2.05. The van der Waals surface area contributed by atoms with Crippen molar-refractivity contribution in [2.75, 3.05) is 7.11 Å². The van der Waals surface area contributed by atoms with Crippen LogP contribution in [-0.2, 0) is 0 Å². The monoisotopic (exact) mass is 348 g/mol. The Morgan fingerprint density at radius 1 is 0.960 bits per heavy atom. The Kier molecular flexibility index (Phi) is 3.90. The molecule has 25 heavy (non-hydrogen) atoms. The van der Waals surface area contributed by atoms with Gasteiger partial charge in [-0.1, -0.05) is 29.8 Å². The molecule has 0 saturated carbocycles. The number of thiophene rings is 1. The van der Waals surface area contributed by atoms with Crippen molar-refractivity contribution in [2.45, 2.75) is 6.92 Å². The molecule has 3 nitrogen and oxygen atoms in total. The van der Waals surface area contributed by atoms with Crippen LogP contribution in [0, 0.1) is 6.92 Å². The summed E-state index contributed by atoms with van der Waals surface area (Å²) in [5, 5.41) is 0.901. The fraction of sp³-hybridized carbons (Fsp3) is 0.0952. The number of methoxy groups -OCH3 is 1. The highest BCUT2D eigenvalue weighted by Gasteiger charge is 2.12. The second kappa shape index (κ2) is 6.22. The van der Waals surface area contributed by atoms with Gasteiger partial charge in [0.1, 0.15) is 11.3 Å². The normalized spacial score (nSPS) is 11.0. The van der Waals surface area contributed by atoms with Gasteiger partial charge in [0.05, 0.1) is 7.11 Å². The van der Waals surface area contributed by atoms with Gasteiger partial charge < -0.3 is 9.15 Å². The average Bonchev–Trinajstić information content (AvgIpc) is 3.10. The highest BCUT2D eigenvalue weighted by Crippen LogP contribution is 2.37. The Balaban J connectivity index is 1.86. The van der Waals surface area contributed by atoms with E-state index in [0.717, 1.165) is 15.8 Å². The maximum Gasteiger partial charge on any atom is 0.336 e. The van der Waals surface area contributed by atoms with Gasteiger partial charge in [0.2, 0.25) is 0 Å². The van der Waals surface area contributed by atoms with E-state index in [0.29, 0.717) is 11.3 Å². The number of hydrogen-bond donors (Lipinski definition) is 0. The van der Waals surface area contributed by atoms with E-state index >= 15 is 0 Å². The summed E-state index contributed by atoms with van der Waals surface area (Å²) in [5.41, 5.74) is 3.47. The van der Waals surface area contributed by atoms with Crippen LogP contribution in [0.15, 0.2) is 69.9 Å². The second-order valence-corrected chi connectivity index (χ2v) is 6.96. The molecule has 0 aliphatic heterocycles. The van der Waals surface area contributed by atoms with Crippen molar-refractivity contribution in [3.63, 3.8) is 0 Å². The summed E-state index contributed by atoms with van der Waals surface area (Å²) in [7, 11) is 1.59. The molecule has 0 unspecified atom stereocenters. The molecule has 0 aliphatic rings. The zero-order chi connectivity index (χ0) is 17.4. The Hall–Kier alpha value is -2.85. The highest BCUT2D eigenvalue weighted by atomic mass is 32.1. The average molecular weight is 348 g/mol. The van der Waals surface area contributed by atoms with Crippen LogP contribution < -0.4 is 10.4 Å². The lowest BCUT2D eigenvalue weighted by atomic mass is 10.1. The molecular weight excluding hydrogens is 332 g/mol. The first kappa shape index (κ1) is 15.7. The predicted octanol–water partition coefficient (Wildman–Crippen LogP) is 5.51. The van der Waals surface area contributed by atoms with Crippen molar-refractivity contribution in [3.8, 4) is 26.6 Å². The number of fused-ring (bicyclic) bond motifs is 1. The molecule has 4 aromatic rings. The Morgan fingerprint density at radius 2 is 1.80 bits per heavy atom. The maximum absolute atomic E-state index is 12.0. The van der Waals surface area contributed by atoms with E-state index in [9.17, 15) is 4.79 Å². The quantitative estimate of drug-likeness (QED) is 0.459. The first-order chi connectivity index (χ1) is 12.1. The number of rotatable bonds is 3. The van der Waals surface area contributed by atoms with E-state index in [4.69, 9.17) is 9.15 Å². The zero-order valence-electron chi connectivity index (χ0n) is 13.9. The molecule has 2 heterocycles. The minimum Gasteiger partial charge on any atom is -0.497 e. The van der Waals surface area contributed by atoms with Crippen molar-refractivity contribution in [2.24, 2.45) is 0 Å². The van der Waals surface area contributed by atoms with E-state index in [1.54, 1.807) is 30.6 Å². The Morgan fingerprint density at radius 3 is 2.60 bits per heavy atom. The molecule has 0 aliphatic carbocycles. The van der Waals surface area contributed by atoms with E-state index in [-0.39, 0.29) is 5.63 Å². The van der Waals surface area contributed by atoms with Crippen LogP contribution in [0.2, 0.25) is 0 Å². The van der Waals surface area contributed by atoms with Crippen molar-refractivity contribution in [1.82, 2.24) is 0 Å². The largest absolute Gasteiger partial charge is 0.497 e. The highest BCUT2D eigenvalue weighted by molar-refractivity contribution is 7.18. The molecule has 2 aromatic carbocycles. The molecule has 4 heteroatoms. The van der Waals surface area contributed by atoms with E-state index in [2.05, 4.69) is 43.3 Å². The summed E-state index contributed by atoms with van der Waals surface area (Å²) in [6.07, 6.45) is 0. The first-order valence-electron chi connectivity index (χ1n) is 7.93. The van der Waals surface area contributed by atoms with Crippen molar-refractivity contribution >= 4 is 22.3 Å². The number of ether oxygens (including phenoxy) is 1. The predicted molar refractivity (Wildman–Crippen MR) is 103 cm³/mol. The van der Waals surface area contributed by atoms with Gasteiger partial charge in [-0.3, -0.25) is 0 Å². The van der Waals surface area contributed by atoms with Gasteiger partial charge in [0, 0.05) is 32.8 Å². The minimum atomic E-state index is -0.360. The lowest BCUT2D eigenvalue weighted by Crippen LogP contribution is -1.97. The SMILES string of the molecule is COc1ccc2c(-c3ccc(-c4cccc(C)c4)s3)cc(=O)oc2c1. The molecule has 0 fully saturated rings. The summed E-state index contributed by atoms with van der Waals surface area (Å²) in [6.45, 7) is 2.08. The molecule has 0 bridgehead atoms. The molecule has 0 N–H and O–H groups in total. The summed E-state index contributed by atoms with van der Waals surface area (Å²) < 4.78 is 10.6. The minimum absolute atomic E-state index is 0.360. The molecule has 0 atom stereocenters. The second-order valence-electron chi connectivity index (χ2n) is 5.87. The van der Waals surface area contributed by atoms with Crippen molar-refractivity contribution in [1.29, 1.82) is 0 Å². The third kappa shape index (κ3) is 2.96. The third-order valence-corrected chi connectivity index (χ3v) is 5.29. The molecule has 0 spiro atoms. The number of aryl methyl sites for hydroxylation is 1. The van der Waals surface area contributed by atoms with Crippen molar-refractivity contribution in [3.05, 3.63) is 76.6 Å². The fourth-order valence-corrected chi connectivity index (χ4v) is 3.94. The summed E-state index contributed by atoms with van der Waals surface area (Å²) >= 11 is 1.67. The van der Waals surface area contributed by atoms with E-state index in [1.165, 1.54) is 16.0 Å².